The first kappa shape index (κ1) is 105. The van der Waals surface area contributed by atoms with E-state index >= 15 is 0 Å². The Kier molecular flexibility index (Phi) is 39.1. The minimum Gasteiger partial charge on any atom is -0.359 e. The summed E-state index contributed by atoms with van der Waals surface area (Å²) >= 11 is 12.4. The first-order chi connectivity index (χ1) is 67.3. The molecule has 0 saturated heterocycles. The molecule has 15 rings (SSSR count). The van der Waals surface area contributed by atoms with Crippen LogP contribution in [0.1, 0.15) is 117 Å². The molecule has 0 spiro atoms. The van der Waals surface area contributed by atoms with Crippen LogP contribution in [-0.2, 0) is 56.7 Å². The lowest BCUT2D eigenvalue weighted by atomic mass is 9.98. The number of para-hydroxylation sites is 1. The average Bonchev–Trinajstić information content (AvgIpc) is 0.836. The van der Waals surface area contributed by atoms with E-state index in [-0.39, 0.29) is 68.0 Å². The summed E-state index contributed by atoms with van der Waals surface area (Å²) in [6.07, 6.45) is 16.6. The van der Waals surface area contributed by atoms with Gasteiger partial charge in [0.15, 0.2) is 11.5 Å². The molecule has 0 aliphatic carbocycles. The summed E-state index contributed by atoms with van der Waals surface area (Å²) < 4.78 is 0. The van der Waals surface area contributed by atoms with Crippen molar-refractivity contribution in [2.75, 3.05) is 83.8 Å². The van der Waals surface area contributed by atoms with Crippen molar-refractivity contribution in [3.05, 3.63) is 450 Å². The van der Waals surface area contributed by atoms with E-state index in [1.807, 2.05) is 168 Å². The number of hydrogen-bond donors (Lipinski definition) is 5. The van der Waals surface area contributed by atoms with Gasteiger partial charge in [-0.2, -0.15) is 0 Å². The quantitative estimate of drug-likeness (QED) is 0.0200. The lowest BCUT2D eigenvalue weighted by molar-refractivity contribution is -0.115. The number of carbonyl (C=O) groups is 6. The molecule has 0 saturated carbocycles. The summed E-state index contributed by atoms with van der Waals surface area (Å²) in [4.78, 5) is 109. The molecule has 0 bridgehead atoms. The van der Waals surface area contributed by atoms with Crippen LogP contribution in [-0.4, -0.2) is 93.0 Å². The summed E-state index contributed by atoms with van der Waals surface area (Å²) in [6.45, 7) is 39.9. The maximum atomic E-state index is 12.8. The summed E-state index contributed by atoms with van der Waals surface area (Å²) in [6, 6.07) is 84.3. The third-order valence-electron chi connectivity index (χ3n) is 22.9. The van der Waals surface area contributed by atoms with Gasteiger partial charge in [-0.25, -0.2) is 4.85 Å². The van der Waals surface area contributed by atoms with Crippen molar-refractivity contribution in [1.82, 2.24) is 24.9 Å². The number of pyridine rings is 5. The number of ketones is 1. The van der Waals surface area contributed by atoms with E-state index in [9.17, 15) is 28.8 Å². The highest BCUT2D eigenvalue weighted by atomic mass is 35.5. The highest BCUT2D eigenvalue weighted by molar-refractivity contribution is 6.31. The summed E-state index contributed by atoms with van der Waals surface area (Å²) in [5.41, 5.74) is 30.2. The molecule has 0 unspecified atom stereocenters. The van der Waals surface area contributed by atoms with Crippen LogP contribution in [0.3, 0.4) is 0 Å². The largest absolute Gasteiger partial charge is 0.359 e. The van der Waals surface area contributed by atoms with Gasteiger partial charge in [-0.15, -0.1) is 0 Å². The fraction of sp³-hybridized carbons (Fsp3) is 0.207. The molecule has 24 heteroatoms. The molecule has 5 amide bonds. The van der Waals surface area contributed by atoms with Gasteiger partial charge in [0.05, 0.1) is 98.7 Å². The molecule has 140 heavy (non-hydrogen) atoms. The zero-order valence-electron chi connectivity index (χ0n) is 81.8. The zero-order chi connectivity index (χ0) is 100. The van der Waals surface area contributed by atoms with Gasteiger partial charge in [0.25, 0.3) is 0 Å². The molecule has 5 aromatic heterocycles. The minimum absolute atomic E-state index is 0.0405. The fourth-order valence-electron chi connectivity index (χ4n) is 15.8. The standard InChI is InChI=1S/C25H29N3O.C24H25N3O2.C23H22N4O.2C22H22ClN3O/c1-17-8-9-19(3)24(13-17)28(15-23-20(4)11-18(2)12-21(23)5)16-25(29)27-22-7-6-10-26-14-22;1-17-6-7-18(2)23(13-17)27(15-20-8-10-21(11-9-20)19(3)28)16-24(29)26-22-5-4-12-25-14-22;1-17-10-11-18(2)22(13-17)27(15-19-7-4-5-9-21(19)24-3)16-23(28)26-20-8-6-12-25-14-20;1-16-5-6-17(2)21(12-16)26(14-18-7-9-19(23)10-8-18)15-22(27)25-20-4-3-11-24-13-20;1-16-9-10-17(2)21(12-16)26(14-18-6-3-4-8-20(18)23)15-22(27)25-19-7-5-11-24-13-19/h6-14H,15-16H2,1-5H3,(H,27,29);4-14H,15-16H2,1-3H3,(H,26,29);4-14H,15-16H2,1-2H3,(H,26,28);2*3-13H,14-15H2,1-2H3,(H,25,27). The third-order valence-corrected chi connectivity index (χ3v) is 23.5. The molecule has 0 aliphatic heterocycles. The molecule has 22 nitrogen and oxygen atoms in total. The van der Waals surface area contributed by atoms with Gasteiger partial charge in [-0.3, -0.25) is 53.7 Å². The molecular weight excluding hydrogens is 1780 g/mol. The van der Waals surface area contributed by atoms with Crippen LogP contribution in [0.4, 0.5) is 62.6 Å². The lowest BCUT2D eigenvalue weighted by Crippen LogP contribution is -2.34. The highest BCUT2D eigenvalue weighted by Gasteiger charge is 2.24. The van der Waals surface area contributed by atoms with Crippen molar-refractivity contribution in [1.29, 1.82) is 0 Å². The van der Waals surface area contributed by atoms with Gasteiger partial charge in [-0.1, -0.05) is 180 Å². The molecule has 5 N–H and O–H groups in total. The molecular formula is C116H120Cl2N16O6. The molecule has 714 valence electrons. The van der Waals surface area contributed by atoms with Gasteiger partial charge in [0.2, 0.25) is 29.5 Å². The van der Waals surface area contributed by atoms with Gasteiger partial charge in [0, 0.05) is 108 Å². The van der Waals surface area contributed by atoms with E-state index in [0.29, 0.717) is 82.5 Å². The average molecular weight is 1910 g/mol. The van der Waals surface area contributed by atoms with Crippen molar-refractivity contribution in [3.63, 3.8) is 0 Å². The molecule has 0 aliphatic rings. The third kappa shape index (κ3) is 32.9. The second-order valence-corrected chi connectivity index (χ2v) is 35.6. The van der Waals surface area contributed by atoms with Gasteiger partial charge in [-0.05, 0) is 301 Å². The molecule has 0 radical (unpaired) electrons. The molecule has 0 fully saturated rings. The molecule has 15 aromatic rings. The molecule has 0 atom stereocenters. The maximum absolute atomic E-state index is 12.8. The first-order valence-corrected chi connectivity index (χ1v) is 46.8. The predicted molar refractivity (Wildman–Crippen MR) is 572 cm³/mol. The van der Waals surface area contributed by atoms with Crippen molar-refractivity contribution < 1.29 is 28.8 Å². The predicted octanol–water partition coefficient (Wildman–Crippen LogP) is 24.7. The number of aryl methyl sites for hydroxylation is 13. The fourth-order valence-corrected chi connectivity index (χ4v) is 16.1. The van der Waals surface area contributed by atoms with Crippen LogP contribution in [0, 0.1) is 96.6 Å². The Morgan fingerprint density at radius 1 is 0.293 bits per heavy atom. The highest BCUT2D eigenvalue weighted by Crippen LogP contribution is 2.33. The van der Waals surface area contributed by atoms with Crippen LogP contribution < -0.4 is 51.1 Å². The van der Waals surface area contributed by atoms with Crippen LogP contribution in [0.15, 0.2) is 323 Å². The Labute approximate surface area is 832 Å². The number of hydrogen-bond acceptors (Lipinski definition) is 16. The zero-order valence-corrected chi connectivity index (χ0v) is 83.3. The minimum atomic E-state index is -0.130. The number of anilines is 10. The number of rotatable bonds is 31. The SMILES string of the molecule is CC(=O)c1ccc(CN(CC(=O)Nc2cccnc2)c2cc(C)ccc2C)cc1.Cc1cc(C)c(CN(CC(=O)Nc2cccnc2)c2cc(C)ccc2C)c(C)c1.Cc1ccc(C)c(N(CC(=O)Nc2cccnc2)Cc2ccc(Cl)cc2)c1.Cc1ccc(C)c(N(CC(=O)Nc2cccnc2)Cc2ccccc2Cl)c1.[C-]#[N+]c1ccccc1CN(CC(=O)Nc1cccnc1)c1cc(C)ccc1C. The van der Waals surface area contributed by atoms with Crippen LogP contribution in [0.2, 0.25) is 10.0 Å². The Morgan fingerprint density at radius 3 is 0.864 bits per heavy atom. The van der Waals surface area contributed by atoms with Crippen LogP contribution in [0.5, 0.6) is 0 Å². The Bertz CT molecular complexity index is 6710. The summed E-state index contributed by atoms with van der Waals surface area (Å²) in [5.74, 6) is -0.442. The number of amides is 5. The van der Waals surface area contributed by atoms with Crippen molar-refractivity contribution in [2.24, 2.45) is 0 Å². The van der Waals surface area contributed by atoms with Gasteiger partial charge >= 0.3 is 0 Å². The second-order valence-electron chi connectivity index (χ2n) is 34.8. The maximum Gasteiger partial charge on any atom is 0.243 e. The number of aromatic nitrogens is 5. The van der Waals surface area contributed by atoms with E-state index in [2.05, 4.69) is 228 Å². The smallest absolute Gasteiger partial charge is 0.243 e. The van der Waals surface area contributed by atoms with E-state index < -0.39 is 0 Å². The topological polar surface area (TPSA) is 248 Å². The molecule has 10 aromatic carbocycles. The Balaban J connectivity index is 0.000000167. The Hall–Kier alpha value is -16.0. The van der Waals surface area contributed by atoms with Gasteiger partial charge < -0.3 is 51.1 Å². The number of Topliss-reactive ketones (excluding diaryl/α,β-unsaturated/α-hetero) is 1. The number of halogens is 2. The number of carbonyl (C=O) groups excluding carboxylic acids is 6. The monoisotopic (exact) mass is 1900 g/mol. The normalized spacial score (nSPS) is 10.4. The Morgan fingerprint density at radius 2 is 0.571 bits per heavy atom. The van der Waals surface area contributed by atoms with Crippen molar-refractivity contribution in [3.8, 4) is 0 Å². The number of nitrogens with one attached hydrogen (secondary N) is 5. The lowest BCUT2D eigenvalue weighted by Gasteiger charge is -2.28. The van der Waals surface area contributed by atoms with E-state index in [0.717, 1.165) is 101 Å². The second kappa shape index (κ2) is 52.4. The van der Waals surface area contributed by atoms with Gasteiger partial charge in [0.1, 0.15) is 0 Å². The van der Waals surface area contributed by atoms with Crippen molar-refractivity contribution >= 4 is 121 Å². The first-order valence-electron chi connectivity index (χ1n) is 46.1. The number of nitrogens with zero attached hydrogens (tertiary/aromatic N) is 11. The van der Waals surface area contributed by atoms with E-state index in [4.69, 9.17) is 29.8 Å². The van der Waals surface area contributed by atoms with Crippen LogP contribution >= 0.6 is 23.2 Å². The molecule has 5 heterocycles. The van der Waals surface area contributed by atoms with Crippen molar-refractivity contribution in [2.45, 2.75) is 130 Å². The van der Waals surface area contributed by atoms with E-state index in [1.165, 1.54) is 27.8 Å². The number of benzene rings is 10. The van der Waals surface area contributed by atoms with Crippen LogP contribution in [0.25, 0.3) is 4.85 Å². The summed E-state index contributed by atoms with van der Waals surface area (Å²) in [7, 11) is 0. The van der Waals surface area contributed by atoms with E-state index in [1.54, 1.807) is 105 Å². The summed E-state index contributed by atoms with van der Waals surface area (Å²) in [5, 5.41) is 15.9.